The molecule has 2 heteroatoms. The number of aryl methyl sites for hydroxylation is 2. The van der Waals surface area contributed by atoms with Crippen LogP contribution in [0.25, 0.3) is 0 Å². The monoisotopic (exact) mass is 233 g/mol. The van der Waals surface area contributed by atoms with Gasteiger partial charge in [-0.15, -0.1) is 0 Å². The van der Waals surface area contributed by atoms with Crippen LogP contribution in [0.4, 0.5) is 0 Å². The van der Waals surface area contributed by atoms with E-state index in [1.54, 1.807) is 0 Å². The van der Waals surface area contributed by atoms with Crippen molar-refractivity contribution < 1.29 is 0 Å². The minimum absolute atomic E-state index is 1.07. The lowest BCUT2D eigenvalue weighted by atomic mass is 10.3. The summed E-state index contributed by atoms with van der Waals surface area (Å²) in [5, 5.41) is 0. The Labute approximate surface area is 68.6 Å². The zero-order chi connectivity index (χ0) is 6.85. The lowest BCUT2D eigenvalue weighted by molar-refractivity contribution is 1.14. The van der Waals surface area contributed by atoms with Crippen molar-refractivity contribution in [2.24, 2.45) is 0 Å². The van der Waals surface area contributed by atoms with E-state index in [0.29, 0.717) is 0 Å². The van der Waals surface area contributed by atoms with Crippen LogP contribution in [0.1, 0.15) is 11.3 Å². The summed E-state index contributed by atoms with van der Waals surface area (Å²) >= 11 is 2.22. The molecule has 0 aromatic carbocycles. The first-order chi connectivity index (χ1) is 4.18. The van der Waals surface area contributed by atoms with Gasteiger partial charge in [-0.05, 0) is 54.1 Å². The first kappa shape index (κ1) is 6.99. The average Bonchev–Trinajstić information content (AvgIpc) is 1.59. The number of rotatable bonds is 0. The van der Waals surface area contributed by atoms with Gasteiger partial charge in [0.15, 0.2) is 0 Å². The van der Waals surface area contributed by atoms with Gasteiger partial charge in [-0.2, -0.15) is 0 Å². The lowest BCUT2D eigenvalue weighted by Crippen LogP contribution is -1.85. The molecule has 0 aliphatic rings. The third kappa shape index (κ3) is 1.93. The summed E-state index contributed by atoms with van der Waals surface area (Å²) in [6.07, 6.45) is 0. The molecule has 0 aliphatic carbocycles. The summed E-state index contributed by atoms with van der Waals surface area (Å²) in [5.74, 6) is 0. The van der Waals surface area contributed by atoms with Crippen molar-refractivity contribution in [3.8, 4) is 0 Å². The molecule has 0 amide bonds. The predicted molar refractivity (Wildman–Crippen MR) is 46.4 cm³/mol. The molecule has 1 nitrogen and oxygen atoms in total. The molecule has 0 atom stereocenters. The van der Waals surface area contributed by atoms with Crippen LogP contribution in [0.5, 0.6) is 0 Å². The van der Waals surface area contributed by atoms with Crippen LogP contribution in [0.2, 0.25) is 0 Å². The molecule has 9 heavy (non-hydrogen) atoms. The molecular weight excluding hydrogens is 225 g/mol. The minimum atomic E-state index is 1.07. The highest BCUT2D eigenvalue weighted by Crippen LogP contribution is 2.05. The molecular formula is C7H8IN. The smallest absolute Gasteiger partial charge is 0.101 e. The van der Waals surface area contributed by atoms with E-state index in [2.05, 4.69) is 46.6 Å². The summed E-state index contributed by atoms with van der Waals surface area (Å²) in [4.78, 5) is 4.22. The van der Waals surface area contributed by atoms with Crippen molar-refractivity contribution in [1.29, 1.82) is 0 Å². The largest absolute Gasteiger partial charge is 0.247 e. The number of hydrogen-bond donors (Lipinski definition) is 0. The third-order valence-electron chi connectivity index (χ3n) is 1.07. The van der Waals surface area contributed by atoms with Crippen LogP contribution in [0.15, 0.2) is 12.1 Å². The Bertz CT molecular complexity index is 170. The van der Waals surface area contributed by atoms with E-state index in [-0.39, 0.29) is 0 Å². The van der Waals surface area contributed by atoms with Crippen LogP contribution in [0.3, 0.4) is 0 Å². The van der Waals surface area contributed by atoms with E-state index in [1.165, 1.54) is 5.56 Å². The molecule has 0 fully saturated rings. The molecule has 0 unspecified atom stereocenters. The Morgan fingerprint density at radius 3 is 2.44 bits per heavy atom. The van der Waals surface area contributed by atoms with Crippen molar-refractivity contribution in [1.82, 2.24) is 4.98 Å². The van der Waals surface area contributed by atoms with Crippen LogP contribution in [-0.4, -0.2) is 4.98 Å². The Morgan fingerprint density at radius 2 is 2.00 bits per heavy atom. The van der Waals surface area contributed by atoms with Crippen LogP contribution in [-0.2, 0) is 0 Å². The van der Waals surface area contributed by atoms with Crippen molar-refractivity contribution in [2.45, 2.75) is 13.8 Å². The van der Waals surface area contributed by atoms with Gasteiger partial charge in [0, 0.05) is 5.69 Å². The Morgan fingerprint density at radius 1 is 1.33 bits per heavy atom. The Kier molecular flexibility index (Phi) is 2.05. The minimum Gasteiger partial charge on any atom is -0.247 e. The molecule has 0 saturated heterocycles. The van der Waals surface area contributed by atoms with Crippen molar-refractivity contribution in [3.63, 3.8) is 0 Å². The first-order valence-corrected chi connectivity index (χ1v) is 3.87. The molecule has 1 aromatic rings. The van der Waals surface area contributed by atoms with Gasteiger partial charge in [-0.25, -0.2) is 4.98 Å². The topological polar surface area (TPSA) is 12.9 Å². The molecule has 0 spiro atoms. The van der Waals surface area contributed by atoms with Gasteiger partial charge in [-0.3, -0.25) is 0 Å². The normalized spacial score (nSPS) is 9.67. The lowest BCUT2D eigenvalue weighted by Gasteiger charge is -1.94. The number of pyridine rings is 1. The van der Waals surface area contributed by atoms with Gasteiger partial charge >= 0.3 is 0 Å². The van der Waals surface area contributed by atoms with Crippen LogP contribution < -0.4 is 0 Å². The molecule has 0 radical (unpaired) electrons. The van der Waals surface area contributed by atoms with Crippen molar-refractivity contribution in [3.05, 3.63) is 27.1 Å². The summed E-state index contributed by atoms with van der Waals surface area (Å²) in [5.41, 5.74) is 2.38. The van der Waals surface area contributed by atoms with E-state index in [1.807, 2.05) is 6.92 Å². The zero-order valence-corrected chi connectivity index (χ0v) is 7.64. The molecule has 0 aliphatic heterocycles. The molecule has 0 bridgehead atoms. The Hall–Kier alpha value is -0.120. The molecule has 1 heterocycles. The van der Waals surface area contributed by atoms with Crippen LogP contribution in [0, 0.1) is 17.5 Å². The van der Waals surface area contributed by atoms with Crippen LogP contribution >= 0.6 is 22.6 Å². The molecule has 48 valence electrons. The maximum atomic E-state index is 4.22. The third-order valence-corrected chi connectivity index (χ3v) is 1.62. The highest BCUT2D eigenvalue weighted by atomic mass is 127. The quantitative estimate of drug-likeness (QED) is 0.495. The maximum Gasteiger partial charge on any atom is 0.101 e. The highest BCUT2D eigenvalue weighted by Gasteiger charge is 1.90. The first-order valence-electron chi connectivity index (χ1n) is 2.79. The number of halogens is 1. The second-order valence-corrected chi connectivity index (χ2v) is 3.21. The van der Waals surface area contributed by atoms with Gasteiger partial charge in [0.1, 0.15) is 3.70 Å². The SMILES string of the molecule is Cc1cc(C)nc(I)c1. The molecule has 1 aromatic heterocycles. The predicted octanol–water partition coefficient (Wildman–Crippen LogP) is 2.30. The average molecular weight is 233 g/mol. The number of hydrogen-bond acceptors (Lipinski definition) is 1. The van der Waals surface area contributed by atoms with Gasteiger partial charge < -0.3 is 0 Å². The fourth-order valence-electron chi connectivity index (χ4n) is 0.792. The number of nitrogens with zero attached hydrogens (tertiary/aromatic N) is 1. The van der Waals surface area contributed by atoms with Crippen molar-refractivity contribution in [2.75, 3.05) is 0 Å². The van der Waals surface area contributed by atoms with Gasteiger partial charge in [-0.1, -0.05) is 0 Å². The van der Waals surface area contributed by atoms with E-state index in [9.17, 15) is 0 Å². The summed E-state index contributed by atoms with van der Waals surface area (Å²) in [7, 11) is 0. The standard InChI is InChI=1S/C7H8IN/c1-5-3-6(2)9-7(8)4-5/h3-4H,1-2H3. The highest BCUT2D eigenvalue weighted by molar-refractivity contribution is 14.1. The van der Waals surface area contributed by atoms with E-state index in [0.717, 1.165) is 9.39 Å². The van der Waals surface area contributed by atoms with Gasteiger partial charge in [0.25, 0.3) is 0 Å². The van der Waals surface area contributed by atoms with E-state index >= 15 is 0 Å². The van der Waals surface area contributed by atoms with Gasteiger partial charge in [0.2, 0.25) is 0 Å². The molecule has 1 rings (SSSR count). The second-order valence-electron chi connectivity index (χ2n) is 2.11. The van der Waals surface area contributed by atoms with E-state index in [4.69, 9.17) is 0 Å². The fourth-order valence-corrected chi connectivity index (χ4v) is 1.66. The fraction of sp³-hybridized carbons (Fsp3) is 0.286. The summed E-state index contributed by atoms with van der Waals surface area (Å²) < 4.78 is 1.07. The Balaban J connectivity index is 3.17. The second kappa shape index (κ2) is 2.64. The summed E-state index contributed by atoms with van der Waals surface area (Å²) in [6, 6.07) is 4.13. The maximum absolute atomic E-state index is 4.22. The van der Waals surface area contributed by atoms with E-state index < -0.39 is 0 Å². The number of aromatic nitrogens is 1. The molecule has 0 N–H and O–H groups in total. The van der Waals surface area contributed by atoms with Crippen molar-refractivity contribution >= 4 is 22.6 Å². The van der Waals surface area contributed by atoms with Gasteiger partial charge in [0.05, 0.1) is 0 Å². The summed E-state index contributed by atoms with van der Waals surface area (Å²) in [6.45, 7) is 4.09. The molecule has 0 saturated carbocycles. The zero-order valence-electron chi connectivity index (χ0n) is 5.48.